The molecule has 1 unspecified atom stereocenters. The molecule has 0 bridgehead atoms. The average Bonchev–Trinajstić information content (AvgIpc) is 3.72. The van der Waals surface area contributed by atoms with E-state index in [4.69, 9.17) is 4.74 Å². The molecule has 0 amide bonds. The third-order valence-electron chi connectivity index (χ3n) is 13.1. The summed E-state index contributed by atoms with van der Waals surface area (Å²) in [5.74, 6) is 1.85. The van der Waals surface area contributed by atoms with Crippen LogP contribution in [0.25, 0.3) is 55.3 Å². The topological polar surface area (TPSA) is 9.23 Å². The van der Waals surface area contributed by atoms with Crippen LogP contribution in [0.4, 0.5) is 0 Å². The first kappa shape index (κ1) is 31.4. The van der Waals surface area contributed by atoms with Crippen molar-refractivity contribution in [2.75, 3.05) is 0 Å². The van der Waals surface area contributed by atoms with E-state index in [1.165, 1.54) is 88.8 Å². The van der Waals surface area contributed by atoms with Crippen molar-refractivity contribution < 1.29 is 4.74 Å². The zero-order valence-electron chi connectivity index (χ0n) is 31.0. The van der Waals surface area contributed by atoms with Crippen LogP contribution in [0.1, 0.15) is 45.9 Å². The highest BCUT2D eigenvalue weighted by Gasteiger charge is 2.51. The molecule has 1 atom stereocenters. The molecule has 0 aromatic heterocycles. The Kier molecular flexibility index (Phi) is 6.46. The summed E-state index contributed by atoms with van der Waals surface area (Å²) in [4.78, 5) is 0. The molecular weight excluding hydrogens is 677 g/mol. The van der Waals surface area contributed by atoms with Gasteiger partial charge in [-0.2, -0.15) is 0 Å². The van der Waals surface area contributed by atoms with Crippen LogP contribution in [0.3, 0.4) is 0 Å². The van der Waals surface area contributed by atoms with Crippen LogP contribution < -0.4 is 4.74 Å². The van der Waals surface area contributed by atoms with E-state index in [0.717, 1.165) is 16.9 Å². The fraction of sp³-hybridized carbons (Fsp3) is 0.0545. The van der Waals surface area contributed by atoms with Crippen molar-refractivity contribution in [2.45, 2.75) is 17.8 Å². The molecule has 0 saturated heterocycles. The van der Waals surface area contributed by atoms with Gasteiger partial charge in [0.15, 0.2) is 0 Å². The molecule has 9 aromatic carbocycles. The Morgan fingerprint density at radius 2 is 0.875 bits per heavy atom. The Hall–Kier alpha value is -6.96. The lowest BCUT2D eigenvalue weighted by Gasteiger charge is -2.40. The lowest BCUT2D eigenvalue weighted by atomic mass is 9.65. The van der Waals surface area contributed by atoms with Gasteiger partial charge >= 0.3 is 0 Å². The van der Waals surface area contributed by atoms with E-state index in [-0.39, 0.29) is 5.41 Å². The second-order valence-corrected chi connectivity index (χ2v) is 15.6. The first-order chi connectivity index (χ1) is 27.7. The zero-order chi connectivity index (χ0) is 37.0. The monoisotopic (exact) mass is 712 g/mol. The van der Waals surface area contributed by atoms with Crippen LogP contribution in [0.5, 0.6) is 11.5 Å². The van der Waals surface area contributed by atoms with Crippen LogP contribution in [-0.2, 0) is 10.8 Å². The Morgan fingerprint density at radius 1 is 0.357 bits per heavy atom. The number of rotatable bonds is 3. The van der Waals surface area contributed by atoms with Gasteiger partial charge in [-0.1, -0.05) is 188 Å². The molecule has 3 aliphatic rings. The maximum absolute atomic E-state index is 7.00. The van der Waals surface area contributed by atoms with Gasteiger partial charge < -0.3 is 4.74 Å². The summed E-state index contributed by atoms with van der Waals surface area (Å²) in [5, 5.41) is 2.30. The van der Waals surface area contributed by atoms with Gasteiger partial charge in [-0.25, -0.2) is 0 Å². The lowest BCUT2D eigenvalue weighted by molar-refractivity contribution is 0.442. The fourth-order valence-corrected chi connectivity index (χ4v) is 10.6. The number of benzene rings is 9. The Labute approximate surface area is 327 Å². The summed E-state index contributed by atoms with van der Waals surface area (Å²) in [5.41, 5.74) is 18.3. The summed E-state index contributed by atoms with van der Waals surface area (Å²) in [6.45, 7) is 2.39. The molecule has 1 aliphatic heterocycles. The van der Waals surface area contributed by atoms with Crippen molar-refractivity contribution in [3.05, 3.63) is 239 Å². The van der Waals surface area contributed by atoms with Crippen LogP contribution in [-0.4, -0.2) is 0 Å². The predicted molar refractivity (Wildman–Crippen MR) is 230 cm³/mol. The highest BCUT2D eigenvalue weighted by atomic mass is 16.5. The summed E-state index contributed by atoms with van der Waals surface area (Å²) < 4.78 is 7.00. The molecule has 1 heteroatoms. The molecule has 1 nitrogen and oxygen atoms in total. The molecule has 0 radical (unpaired) electrons. The van der Waals surface area contributed by atoms with Crippen molar-refractivity contribution in [1.29, 1.82) is 0 Å². The molecular formula is C55H36O. The number of hydrogen-bond acceptors (Lipinski definition) is 1. The Balaban J connectivity index is 1.07. The second kappa shape index (κ2) is 11.5. The summed E-state index contributed by atoms with van der Waals surface area (Å²) >= 11 is 0. The van der Waals surface area contributed by atoms with E-state index in [1.54, 1.807) is 0 Å². The van der Waals surface area contributed by atoms with Crippen molar-refractivity contribution in [1.82, 2.24) is 0 Å². The summed E-state index contributed by atoms with van der Waals surface area (Å²) in [7, 11) is 0. The van der Waals surface area contributed by atoms with E-state index >= 15 is 0 Å². The van der Waals surface area contributed by atoms with Gasteiger partial charge in [0.25, 0.3) is 0 Å². The van der Waals surface area contributed by atoms with Gasteiger partial charge in [-0.05, 0) is 96.8 Å². The highest BCUT2D eigenvalue weighted by molar-refractivity contribution is 6.04. The van der Waals surface area contributed by atoms with Gasteiger partial charge in [0.2, 0.25) is 0 Å². The first-order valence-electron chi connectivity index (χ1n) is 19.6. The fourth-order valence-electron chi connectivity index (χ4n) is 10.6. The highest BCUT2D eigenvalue weighted by Crippen LogP contribution is 2.63. The average molecular weight is 713 g/mol. The van der Waals surface area contributed by atoms with Crippen LogP contribution >= 0.6 is 0 Å². The lowest BCUT2D eigenvalue weighted by Crippen LogP contribution is -2.32. The third-order valence-corrected chi connectivity index (χ3v) is 13.1. The number of ether oxygens (including phenoxy) is 1. The summed E-state index contributed by atoms with van der Waals surface area (Å²) in [6, 6.07) is 73.8. The standard InChI is InChI=1S/C55H36O/c1-54(37-16-3-2-4-17-37)45-24-10-9-22-43(45)52-38(23-15-28-49(52)54)35-30-32-36(33-31-35)44-34-50-53(42-21-6-5-18-39(42)44)56-51-29-14-13-27-48(51)55(50)46-25-11-7-19-40(46)41-20-8-12-26-47(41)55/h2-34H,1H3. The van der Waals surface area contributed by atoms with Gasteiger partial charge in [-0.15, -0.1) is 0 Å². The Bertz CT molecular complexity index is 3020. The van der Waals surface area contributed by atoms with E-state index < -0.39 is 5.41 Å². The number of hydrogen-bond donors (Lipinski definition) is 0. The van der Waals surface area contributed by atoms with E-state index in [1.807, 2.05) is 0 Å². The van der Waals surface area contributed by atoms with E-state index in [0.29, 0.717) is 0 Å². The zero-order valence-corrected chi connectivity index (χ0v) is 31.0. The first-order valence-corrected chi connectivity index (χ1v) is 19.6. The minimum Gasteiger partial charge on any atom is -0.456 e. The molecule has 56 heavy (non-hydrogen) atoms. The van der Waals surface area contributed by atoms with Gasteiger partial charge in [-0.3, -0.25) is 0 Å². The SMILES string of the molecule is CC1(c2ccccc2)c2ccccc2-c2c(-c3ccc(-c4cc5c(c6ccccc46)Oc4ccccc4C54c5ccccc5-c5ccccc54)cc3)cccc21. The maximum atomic E-state index is 7.00. The van der Waals surface area contributed by atoms with Crippen molar-refractivity contribution in [2.24, 2.45) is 0 Å². The van der Waals surface area contributed by atoms with Crippen LogP contribution in [0.2, 0.25) is 0 Å². The van der Waals surface area contributed by atoms with Gasteiger partial charge in [0, 0.05) is 21.9 Å². The normalized spacial score (nSPS) is 16.3. The van der Waals surface area contributed by atoms with Crippen molar-refractivity contribution >= 4 is 10.8 Å². The van der Waals surface area contributed by atoms with Crippen LogP contribution in [0.15, 0.2) is 200 Å². The predicted octanol–water partition coefficient (Wildman–Crippen LogP) is 14.0. The molecule has 12 rings (SSSR count). The Morgan fingerprint density at radius 3 is 1.59 bits per heavy atom. The maximum Gasteiger partial charge on any atom is 0.140 e. The molecule has 1 spiro atoms. The van der Waals surface area contributed by atoms with Crippen molar-refractivity contribution in [3.63, 3.8) is 0 Å². The number of para-hydroxylation sites is 1. The minimum atomic E-state index is -0.528. The van der Waals surface area contributed by atoms with Gasteiger partial charge in [0.1, 0.15) is 11.5 Å². The van der Waals surface area contributed by atoms with Crippen LogP contribution in [0, 0.1) is 0 Å². The van der Waals surface area contributed by atoms with Gasteiger partial charge in [0.05, 0.1) is 5.41 Å². The largest absolute Gasteiger partial charge is 0.456 e. The molecule has 262 valence electrons. The third kappa shape index (κ3) is 3.99. The molecule has 1 heterocycles. The van der Waals surface area contributed by atoms with E-state index in [2.05, 4.69) is 207 Å². The summed E-state index contributed by atoms with van der Waals surface area (Å²) in [6.07, 6.45) is 0. The molecule has 2 aliphatic carbocycles. The molecule has 0 N–H and O–H groups in total. The minimum absolute atomic E-state index is 0.237. The number of fused-ring (bicyclic) bond motifs is 14. The van der Waals surface area contributed by atoms with E-state index in [9.17, 15) is 0 Å². The second-order valence-electron chi connectivity index (χ2n) is 15.6. The molecule has 0 fully saturated rings. The van der Waals surface area contributed by atoms with Crippen molar-refractivity contribution in [3.8, 4) is 56.0 Å². The quantitative estimate of drug-likeness (QED) is 0.177. The smallest absolute Gasteiger partial charge is 0.140 e. The molecule has 0 saturated carbocycles. The molecule has 9 aromatic rings.